The van der Waals surface area contributed by atoms with Gasteiger partial charge in [-0.3, -0.25) is 10.1 Å². The van der Waals surface area contributed by atoms with Gasteiger partial charge >= 0.3 is 6.03 Å². The van der Waals surface area contributed by atoms with E-state index in [4.69, 9.17) is 14.2 Å². The van der Waals surface area contributed by atoms with E-state index >= 15 is 0 Å². The highest BCUT2D eigenvalue weighted by molar-refractivity contribution is 6.07. The number of benzene rings is 2. The van der Waals surface area contributed by atoms with Crippen molar-refractivity contribution < 1.29 is 28.9 Å². The van der Waals surface area contributed by atoms with Gasteiger partial charge in [0.2, 0.25) is 0 Å². The number of hydrogen-bond acceptors (Lipinski definition) is 6. The Hall–Kier alpha value is -3.72. The van der Waals surface area contributed by atoms with Crippen molar-refractivity contribution in [1.29, 1.82) is 0 Å². The second-order valence-electron chi connectivity index (χ2n) is 7.21. The number of aromatic nitrogens is 1. The predicted molar refractivity (Wildman–Crippen MR) is 112 cm³/mol. The van der Waals surface area contributed by atoms with E-state index in [1.807, 2.05) is 6.07 Å². The van der Waals surface area contributed by atoms with Crippen molar-refractivity contribution >= 4 is 22.7 Å². The average molecular weight is 425 g/mol. The monoisotopic (exact) mass is 425 g/mol. The van der Waals surface area contributed by atoms with Gasteiger partial charge in [-0.15, -0.1) is 0 Å². The van der Waals surface area contributed by atoms with Gasteiger partial charge in [-0.1, -0.05) is 12.1 Å². The number of fused-ring (bicyclic) bond motifs is 1. The van der Waals surface area contributed by atoms with Crippen LogP contribution in [0.15, 0.2) is 48.7 Å². The summed E-state index contributed by atoms with van der Waals surface area (Å²) in [6.07, 6.45) is 1.73. The highest BCUT2D eigenvalue weighted by Gasteiger charge is 2.48. The van der Waals surface area contributed by atoms with E-state index in [0.29, 0.717) is 35.7 Å². The molecule has 0 radical (unpaired) electrons. The van der Waals surface area contributed by atoms with Gasteiger partial charge in [-0.05, 0) is 35.9 Å². The molecule has 0 aliphatic carbocycles. The minimum Gasteiger partial charge on any atom is -0.497 e. The van der Waals surface area contributed by atoms with Gasteiger partial charge in [-0.2, -0.15) is 0 Å². The molecule has 3 amide bonds. The molecule has 0 saturated carbocycles. The first-order valence-corrected chi connectivity index (χ1v) is 9.68. The molecule has 3 N–H and O–H groups in total. The molecule has 9 heteroatoms. The van der Waals surface area contributed by atoms with Crippen molar-refractivity contribution in [3.8, 4) is 17.4 Å². The maximum absolute atomic E-state index is 12.9. The molecular formula is C22H23N3O6. The number of rotatable bonds is 8. The van der Waals surface area contributed by atoms with Gasteiger partial charge in [0.1, 0.15) is 18.1 Å². The van der Waals surface area contributed by atoms with Gasteiger partial charge in [0.25, 0.3) is 5.91 Å². The Morgan fingerprint density at radius 3 is 2.42 bits per heavy atom. The first-order valence-electron chi connectivity index (χ1n) is 9.68. The standard InChI is InChI=1S/C22H23N3O6/c1-29-9-10-31-16-7-4-15(5-8-16)22(20(27)23-21(28)24-22)13-25-12-14-3-6-17(30-2)11-18(14)19(25)26/h3-8,11-12,26H,9-10,13H2,1-2H3,(H2,23,24,27,28)/t22-/m0/s1. The average Bonchev–Trinajstić information content (AvgIpc) is 3.24. The van der Waals surface area contributed by atoms with Crippen LogP contribution in [0.4, 0.5) is 4.79 Å². The zero-order valence-corrected chi connectivity index (χ0v) is 17.2. The third-order valence-electron chi connectivity index (χ3n) is 5.32. The summed E-state index contributed by atoms with van der Waals surface area (Å²) in [5.41, 5.74) is -0.830. The molecule has 3 aromatic rings. The van der Waals surface area contributed by atoms with Crippen molar-refractivity contribution in [1.82, 2.24) is 15.2 Å². The van der Waals surface area contributed by atoms with Gasteiger partial charge in [-0.25, -0.2) is 4.79 Å². The smallest absolute Gasteiger partial charge is 0.322 e. The second-order valence-corrected chi connectivity index (χ2v) is 7.21. The third kappa shape index (κ3) is 3.75. The highest BCUT2D eigenvalue weighted by Crippen LogP contribution is 2.35. The van der Waals surface area contributed by atoms with E-state index < -0.39 is 17.5 Å². The van der Waals surface area contributed by atoms with Crippen LogP contribution < -0.4 is 20.1 Å². The molecular weight excluding hydrogens is 402 g/mol. The number of nitrogens with one attached hydrogen (secondary N) is 2. The quantitative estimate of drug-likeness (QED) is 0.377. The minimum absolute atomic E-state index is 0.00270. The van der Waals surface area contributed by atoms with E-state index in [2.05, 4.69) is 10.6 Å². The number of urea groups is 1. The lowest BCUT2D eigenvalue weighted by atomic mass is 9.89. The minimum atomic E-state index is -1.39. The number of methoxy groups -OCH3 is 2. The Balaban J connectivity index is 1.69. The molecule has 0 bridgehead atoms. The number of ether oxygens (including phenoxy) is 3. The summed E-state index contributed by atoms with van der Waals surface area (Å²) >= 11 is 0. The van der Waals surface area contributed by atoms with Crippen LogP contribution >= 0.6 is 0 Å². The lowest BCUT2D eigenvalue weighted by Gasteiger charge is -2.27. The number of nitrogens with zero attached hydrogens (tertiary/aromatic N) is 1. The van der Waals surface area contributed by atoms with E-state index in [0.717, 1.165) is 5.39 Å². The molecule has 9 nitrogen and oxygen atoms in total. The van der Waals surface area contributed by atoms with Crippen molar-refractivity contribution in [2.45, 2.75) is 12.1 Å². The SMILES string of the molecule is COCCOc1ccc([C@]2(Cn3cc4ccc(OC)cc4c3O)NC(=O)NC2=O)cc1. The summed E-state index contributed by atoms with van der Waals surface area (Å²) in [7, 11) is 3.14. The van der Waals surface area contributed by atoms with Crippen LogP contribution in [0, 0.1) is 0 Å². The van der Waals surface area contributed by atoms with E-state index in [-0.39, 0.29) is 12.4 Å². The van der Waals surface area contributed by atoms with Gasteiger partial charge in [0, 0.05) is 24.1 Å². The van der Waals surface area contributed by atoms with Gasteiger partial charge < -0.3 is 29.2 Å². The Labute approximate surface area is 178 Å². The van der Waals surface area contributed by atoms with Gasteiger partial charge in [0.05, 0.1) is 20.3 Å². The summed E-state index contributed by atoms with van der Waals surface area (Å²) in [6, 6.07) is 11.6. The summed E-state index contributed by atoms with van der Waals surface area (Å²) in [6.45, 7) is 0.845. The molecule has 2 heterocycles. The van der Waals surface area contributed by atoms with Crippen LogP contribution in [-0.4, -0.2) is 49.0 Å². The number of imide groups is 1. The Morgan fingerprint density at radius 2 is 1.77 bits per heavy atom. The van der Waals surface area contributed by atoms with Crippen LogP contribution in [0.5, 0.6) is 17.4 Å². The molecule has 0 spiro atoms. The van der Waals surface area contributed by atoms with Crippen LogP contribution in [-0.2, 0) is 21.6 Å². The third-order valence-corrected chi connectivity index (χ3v) is 5.32. The summed E-state index contributed by atoms with van der Waals surface area (Å²) < 4.78 is 17.3. The molecule has 1 aliphatic rings. The van der Waals surface area contributed by atoms with Crippen LogP contribution in [0.3, 0.4) is 0 Å². The van der Waals surface area contributed by atoms with Crippen LogP contribution in [0.2, 0.25) is 0 Å². The Bertz CT molecular complexity index is 1120. The maximum atomic E-state index is 12.9. The number of amides is 3. The fraction of sp³-hybridized carbons (Fsp3) is 0.273. The highest BCUT2D eigenvalue weighted by atomic mass is 16.5. The molecule has 1 fully saturated rings. The van der Waals surface area contributed by atoms with Crippen molar-refractivity contribution in [3.63, 3.8) is 0 Å². The van der Waals surface area contributed by atoms with Gasteiger partial charge in [0.15, 0.2) is 11.4 Å². The molecule has 4 rings (SSSR count). The molecule has 1 saturated heterocycles. The molecule has 1 aliphatic heterocycles. The molecule has 162 valence electrons. The largest absolute Gasteiger partial charge is 0.497 e. The topological polar surface area (TPSA) is 111 Å². The van der Waals surface area contributed by atoms with E-state index in [1.54, 1.807) is 56.8 Å². The zero-order chi connectivity index (χ0) is 22.0. The van der Waals surface area contributed by atoms with Crippen LogP contribution in [0.25, 0.3) is 10.8 Å². The number of carbonyl (C=O) groups is 2. The number of hydrogen-bond donors (Lipinski definition) is 3. The molecule has 1 atom stereocenters. The zero-order valence-electron chi connectivity index (χ0n) is 17.2. The van der Waals surface area contributed by atoms with Crippen molar-refractivity contribution in [3.05, 3.63) is 54.2 Å². The molecule has 1 aromatic heterocycles. The Morgan fingerprint density at radius 1 is 1.03 bits per heavy atom. The maximum Gasteiger partial charge on any atom is 0.322 e. The normalized spacial score (nSPS) is 18.1. The Kier molecular flexibility index (Phi) is 5.43. The summed E-state index contributed by atoms with van der Waals surface area (Å²) in [5, 5.41) is 17.2. The second kappa shape index (κ2) is 8.19. The lowest BCUT2D eigenvalue weighted by molar-refractivity contribution is -0.124. The fourth-order valence-corrected chi connectivity index (χ4v) is 3.70. The number of aromatic hydroxyl groups is 1. The fourth-order valence-electron chi connectivity index (χ4n) is 3.70. The lowest BCUT2D eigenvalue weighted by Crippen LogP contribution is -2.47. The van der Waals surface area contributed by atoms with Crippen molar-refractivity contribution in [2.24, 2.45) is 0 Å². The molecule has 2 aromatic carbocycles. The first kappa shape index (κ1) is 20.5. The van der Waals surface area contributed by atoms with Crippen molar-refractivity contribution in [2.75, 3.05) is 27.4 Å². The first-order chi connectivity index (χ1) is 15.0. The predicted octanol–water partition coefficient (Wildman–Crippen LogP) is 2.12. The summed E-state index contributed by atoms with van der Waals surface area (Å²) in [4.78, 5) is 24.9. The molecule has 31 heavy (non-hydrogen) atoms. The summed E-state index contributed by atoms with van der Waals surface area (Å²) in [5.74, 6) is 0.690. The van der Waals surface area contributed by atoms with E-state index in [1.165, 1.54) is 4.57 Å². The van der Waals surface area contributed by atoms with E-state index in [9.17, 15) is 14.7 Å². The number of carbonyl (C=O) groups excluding carboxylic acids is 2. The van der Waals surface area contributed by atoms with Crippen LogP contribution in [0.1, 0.15) is 5.56 Å². The molecule has 0 unspecified atom stereocenters.